The summed E-state index contributed by atoms with van der Waals surface area (Å²) in [5.41, 5.74) is 1.73. The lowest BCUT2D eigenvalue weighted by Gasteiger charge is -1.89. The highest BCUT2D eigenvalue weighted by Gasteiger charge is 2.27. The summed E-state index contributed by atoms with van der Waals surface area (Å²) in [6.07, 6.45) is 7.42. The Balaban J connectivity index is 1.96. The van der Waals surface area contributed by atoms with Crippen LogP contribution in [0.25, 0.3) is 11.3 Å². The highest BCUT2D eigenvalue weighted by atomic mass is 16.5. The number of nitrogens with zero attached hydrogens (tertiary/aromatic N) is 3. The summed E-state index contributed by atoms with van der Waals surface area (Å²) in [4.78, 5) is 7.88. The molecule has 2 heterocycles. The molecule has 1 fully saturated rings. The molecule has 0 spiro atoms. The van der Waals surface area contributed by atoms with Crippen LogP contribution < -0.4 is 0 Å². The van der Waals surface area contributed by atoms with E-state index >= 15 is 0 Å². The molecule has 0 atom stereocenters. The largest absolute Gasteiger partial charge is 0.360 e. The van der Waals surface area contributed by atoms with Gasteiger partial charge in [0.15, 0.2) is 0 Å². The van der Waals surface area contributed by atoms with Gasteiger partial charge in [-0.15, -0.1) is 0 Å². The summed E-state index contributed by atoms with van der Waals surface area (Å²) in [6.45, 7) is 0. The smallest absolute Gasteiger partial charge is 0.140 e. The molecule has 0 saturated heterocycles. The molecular formula is C10H9N3O. The van der Waals surface area contributed by atoms with Crippen molar-refractivity contribution in [2.75, 3.05) is 0 Å². The van der Waals surface area contributed by atoms with Gasteiger partial charge in [-0.1, -0.05) is 5.16 Å². The molecule has 4 nitrogen and oxygen atoms in total. The molecule has 0 aromatic carbocycles. The summed E-state index contributed by atoms with van der Waals surface area (Å²) >= 11 is 0. The first kappa shape index (κ1) is 7.67. The number of aromatic nitrogens is 3. The number of hydrogen-bond acceptors (Lipinski definition) is 4. The van der Waals surface area contributed by atoms with Crippen LogP contribution in [0.4, 0.5) is 0 Å². The maximum Gasteiger partial charge on any atom is 0.140 e. The van der Waals surface area contributed by atoms with E-state index in [2.05, 4.69) is 15.1 Å². The zero-order chi connectivity index (χ0) is 9.38. The lowest BCUT2D eigenvalue weighted by atomic mass is 10.2. The summed E-state index contributed by atoms with van der Waals surface area (Å²) < 4.78 is 5.24. The predicted molar refractivity (Wildman–Crippen MR) is 49.5 cm³/mol. The minimum absolute atomic E-state index is 0.598. The molecule has 2 aromatic heterocycles. The molecule has 0 aliphatic heterocycles. The van der Waals surface area contributed by atoms with Gasteiger partial charge >= 0.3 is 0 Å². The van der Waals surface area contributed by atoms with Crippen LogP contribution in [0.1, 0.15) is 24.5 Å². The van der Waals surface area contributed by atoms with Gasteiger partial charge in [0, 0.05) is 29.9 Å². The van der Waals surface area contributed by atoms with Gasteiger partial charge in [0.05, 0.1) is 0 Å². The lowest BCUT2D eigenvalue weighted by molar-refractivity contribution is 0.386. The Hall–Kier alpha value is -1.71. The first-order valence-corrected chi connectivity index (χ1v) is 4.65. The van der Waals surface area contributed by atoms with Crippen LogP contribution in [0.2, 0.25) is 0 Å². The topological polar surface area (TPSA) is 51.8 Å². The van der Waals surface area contributed by atoms with Crippen molar-refractivity contribution >= 4 is 0 Å². The fraction of sp³-hybridized carbons (Fsp3) is 0.300. The van der Waals surface area contributed by atoms with Gasteiger partial charge in [0.25, 0.3) is 0 Å². The van der Waals surface area contributed by atoms with E-state index in [0.29, 0.717) is 5.92 Å². The van der Waals surface area contributed by atoms with Crippen molar-refractivity contribution < 1.29 is 4.52 Å². The fourth-order valence-electron chi connectivity index (χ4n) is 1.42. The maximum atomic E-state index is 5.24. The van der Waals surface area contributed by atoms with E-state index in [-0.39, 0.29) is 0 Å². The van der Waals surface area contributed by atoms with E-state index in [1.165, 1.54) is 19.2 Å². The third kappa shape index (κ3) is 1.28. The van der Waals surface area contributed by atoms with Crippen molar-refractivity contribution in [2.45, 2.75) is 18.8 Å². The Morgan fingerprint density at radius 1 is 1.21 bits per heavy atom. The first-order valence-electron chi connectivity index (χ1n) is 4.65. The van der Waals surface area contributed by atoms with Gasteiger partial charge in [-0.25, -0.2) is 9.97 Å². The van der Waals surface area contributed by atoms with Gasteiger partial charge in [-0.3, -0.25) is 0 Å². The SMILES string of the molecule is c1ncc(-c2cc(C3CC3)on2)cn1. The minimum Gasteiger partial charge on any atom is -0.360 e. The molecule has 70 valence electrons. The molecule has 0 radical (unpaired) electrons. The number of rotatable bonds is 2. The molecule has 1 saturated carbocycles. The number of hydrogen-bond donors (Lipinski definition) is 0. The summed E-state index contributed by atoms with van der Waals surface area (Å²) in [5.74, 6) is 1.59. The Kier molecular flexibility index (Phi) is 1.59. The van der Waals surface area contributed by atoms with Crippen LogP contribution in [0.3, 0.4) is 0 Å². The zero-order valence-corrected chi connectivity index (χ0v) is 7.55. The van der Waals surface area contributed by atoms with E-state index in [1.807, 2.05) is 6.07 Å². The van der Waals surface area contributed by atoms with Gasteiger partial charge in [-0.05, 0) is 12.8 Å². The highest BCUT2D eigenvalue weighted by Crippen LogP contribution is 2.40. The standard InChI is InChI=1S/C10H9N3O/c1-2-7(1)10-3-9(13-14-10)8-4-11-6-12-5-8/h3-7H,1-2H2. The fourth-order valence-corrected chi connectivity index (χ4v) is 1.42. The lowest BCUT2D eigenvalue weighted by Crippen LogP contribution is -1.80. The van der Waals surface area contributed by atoms with E-state index in [9.17, 15) is 0 Å². The second-order valence-electron chi connectivity index (χ2n) is 3.52. The Bertz CT molecular complexity index is 434. The second-order valence-corrected chi connectivity index (χ2v) is 3.52. The van der Waals surface area contributed by atoms with Gasteiger partial charge in [-0.2, -0.15) is 0 Å². The molecule has 0 N–H and O–H groups in total. The van der Waals surface area contributed by atoms with E-state index in [4.69, 9.17) is 4.52 Å². The van der Waals surface area contributed by atoms with Crippen molar-refractivity contribution in [2.24, 2.45) is 0 Å². The summed E-state index contributed by atoms with van der Waals surface area (Å²) in [6, 6.07) is 1.98. The normalized spacial score (nSPS) is 15.7. The quantitative estimate of drug-likeness (QED) is 0.721. The van der Waals surface area contributed by atoms with Crippen LogP contribution in [0.5, 0.6) is 0 Å². The van der Waals surface area contributed by atoms with Crippen molar-refractivity contribution in [3.05, 3.63) is 30.5 Å². The van der Waals surface area contributed by atoms with Gasteiger partial charge < -0.3 is 4.52 Å². The average molecular weight is 187 g/mol. The van der Waals surface area contributed by atoms with Crippen LogP contribution in [-0.4, -0.2) is 15.1 Å². The monoisotopic (exact) mass is 187 g/mol. The third-order valence-electron chi connectivity index (χ3n) is 2.36. The molecule has 4 heteroatoms. The molecule has 1 aliphatic carbocycles. The Morgan fingerprint density at radius 3 is 2.71 bits per heavy atom. The molecule has 0 unspecified atom stereocenters. The van der Waals surface area contributed by atoms with Crippen molar-refractivity contribution in [3.63, 3.8) is 0 Å². The second kappa shape index (κ2) is 2.90. The molecule has 3 rings (SSSR count). The van der Waals surface area contributed by atoms with Crippen LogP contribution >= 0.6 is 0 Å². The summed E-state index contributed by atoms with van der Waals surface area (Å²) in [5, 5.41) is 3.99. The molecule has 14 heavy (non-hydrogen) atoms. The van der Waals surface area contributed by atoms with Crippen LogP contribution in [0, 0.1) is 0 Å². The maximum absolute atomic E-state index is 5.24. The van der Waals surface area contributed by atoms with Crippen molar-refractivity contribution in [1.29, 1.82) is 0 Å². The molecule has 2 aromatic rings. The van der Waals surface area contributed by atoms with E-state index in [1.54, 1.807) is 12.4 Å². The van der Waals surface area contributed by atoms with Crippen molar-refractivity contribution in [3.8, 4) is 11.3 Å². The molecule has 0 bridgehead atoms. The third-order valence-corrected chi connectivity index (χ3v) is 2.36. The van der Waals surface area contributed by atoms with Crippen LogP contribution in [-0.2, 0) is 0 Å². The Morgan fingerprint density at radius 2 is 2.00 bits per heavy atom. The first-order chi connectivity index (χ1) is 6.93. The zero-order valence-electron chi connectivity index (χ0n) is 7.55. The van der Waals surface area contributed by atoms with E-state index in [0.717, 1.165) is 17.0 Å². The molecule has 1 aliphatic rings. The van der Waals surface area contributed by atoms with Gasteiger partial charge in [0.1, 0.15) is 17.8 Å². The summed E-state index contributed by atoms with van der Waals surface area (Å²) in [7, 11) is 0. The average Bonchev–Trinajstić information content (AvgIpc) is 2.98. The molecule has 0 amide bonds. The minimum atomic E-state index is 0.598. The van der Waals surface area contributed by atoms with E-state index < -0.39 is 0 Å². The highest BCUT2D eigenvalue weighted by molar-refractivity contribution is 5.56. The van der Waals surface area contributed by atoms with Crippen LogP contribution in [0.15, 0.2) is 29.3 Å². The van der Waals surface area contributed by atoms with Crippen molar-refractivity contribution in [1.82, 2.24) is 15.1 Å². The predicted octanol–water partition coefficient (Wildman–Crippen LogP) is 2.01. The molecular weight excluding hydrogens is 178 g/mol. The Labute approximate surface area is 81.0 Å². The van der Waals surface area contributed by atoms with Gasteiger partial charge in [0.2, 0.25) is 0 Å².